The van der Waals surface area contributed by atoms with Crippen molar-refractivity contribution in [1.82, 2.24) is 25.1 Å². The molecule has 0 aliphatic carbocycles. The van der Waals surface area contributed by atoms with Crippen LogP contribution in [0.1, 0.15) is 23.0 Å². The highest BCUT2D eigenvalue weighted by molar-refractivity contribution is 5.83. The van der Waals surface area contributed by atoms with E-state index in [0.29, 0.717) is 5.69 Å². The molecule has 0 saturated carbocycles. The van der Waals surface area contributed by atoms with E-state index < -0.39 is 6.04 Å². The van der Waals surface area contributed by atoms with Gasteiger partial charge in [-0.2, -0.15) is 5.10 Å². The molecule has 0 radical (unpaired) electrons. The molecular weight excluding hydrogens is 366 g/mol. The van der Waals surface area contributed by atoms with Crippen molar-refractivity contribution in [3.05, 3.63) is 84.1 Å². The van der Waals surface area contributed by atoms with Crippen LogP contribution in [-0.4, -0.2) is 37.4 Å². The molecule has 0 aliphatic rings. The first-order valence-electron chi connectivity index (χ1n) is 9.35. The number of carbonyl (C=O) groups excluding carboxylic acids is 1. The van der Waals surface area contributed by atoms with Gasteiger partial charge in [0, 0.05) is 17.3 Å². The van der Waals surface area contributed by atoms with Gasteiger partial charge in [0.05, 0.1) is 48.4 Å². The summed E-state index contributed by atoms with van der Waals surface area (Å²) in [6.07, 6.45) is 5.35. The molecule has 0 saturated heterocycles. The van der Waals surface area contributed by atoms with Gasteiger partial charge in [-0.15, -0.1) is 0 Å². The maximum atomic E-state index is 12.5. The third-order valence-electron chi connectivity index (χ3n) is 4.70. The summed E-state index contributed by atoms with van der Waals surface area (Å²) in [5.41, 5.74) is 4.18. The molecule has 0 unspecified atom stereocenters. The van der Waals surface area contributed by atoms with E-state index in [9.17, 15) is 9.90 Å². The number of hydrogen-bond donors (Lipinski definition) is 2. The summed E-state index contributed by atoms with van der Waals surface area (Å²) in [6.45, 7) is 1.76. The predicted molar refractivity (Wildman–Crippen MR) is 110 cm³/mol. The average Bonchev–Trinajstić information content (AvgIpc) is 3.16. The lowest BCUT2D eigenvalue weighted by Gasteiger charge is -2.16. The van der Waals surface area contributed by atoms with Crippen molar-refractivity contribution in [2.45, 2.75) is 19.4 Å². The Bertz CT molecular complexity index is 1140. The molecule has 146 valence electrons. The Labute approximate surface area is 168 Å². The second-order valence-electron chi connectivity index (χ2n) is 6.84. The van der Waals surface area contributed by atoms with E-state index in [0.717, 1.165) is 27.8 Å². The Hall–Kier alpha value is -3.58. The van der Waals surface area contributed by atoms with Crippen molar-refractivity contribution >= 4 is 16.8 Å². The van der Waals surface area contributed by atoms with Gasteiger partial charge in [-0.1, -0.05) is 30.3 Å². The number of aliphatic hydroxyl groups excluding tert-OH is 1. The van der Waals surface area contributed by atoms with Crippen molar-refractivity contribution in [3.8, 4) is 5.69 Å². The molecule has 3 heterocycles. The largest absolute Gasteiger partial charge is 0.394 e. The van der Waals surface area contributed by atoms with E-state index in [1.54, 1.807) is 23.3 Å². The van der Waals surface area contributed by atoms with E-state index in [2.05, 4.69) is 20.4 Å². The number of rotatable bonds is 6. The van der Waals surface area contributed by atoms with Crippen LogP contribution >= 0.6 is 0 Å². The molecule has 0 bridgehead atoms. The molecule has 0 spiro atoms. The maximum absolute atomic E-state index is 12.5. The Morgan fingerprint density at radius 3 is 2.72 bits per heavy atom. The van der Waals surface area contributed by atoms with Crippen LogP contribution < -0.4 is 5.32 Å². The Kier molecular flexibility index (Phi) is 5.31. The predicted octanol–water partition coefficient (Wildman–Crippen LogP) is 2.52. The zero-order valence-corrected chi connectivity index (χ0v) is 16.0. The lowest BCUT2D eigenvalue weighted by molar-refractivity contribution is -0.121. The van der Waals surface area contributed by atoms with Gasteiger partial charge in [0.2, 0.25) is 5.91 Å². The van der Waals surface area contributed by atoms with Crippen molar-refractivity contribution in [2.75, 3.05) is 6.61 Å². The number of fused-ring (bicyclic) bond motifs is 1. The number of amides is 1. The summed E-state index contributed by atoms with van der Waals surface area (Å²) in [5.74, 6) is -0.197. The molecule has 0 aliphatic heterocycles. The monoisotopic (exact) mass is 387 g/mol. The highest BCUT2D eigenvalue weighted by atomic mass is 16.3. The van der Waals surface area contributed by atoms with Gasteiger partial charge in [0.25, 0.3) is 0 Å². The number of benzene rings is 1. The summed E-state index contributed by atoms with van der Waals surface area (Å²) in [7, 11) is 0. The average molecular weight is 387 g/mol. The fraction of sp³-hybridized carbons (Fsp3) is 0.182. The van der Waals surface area contributed by atoms with Crippen LogP contribution in [0.3, 0.4) is 0 Å². The van der Waals surface area contributed by atoms with Crippen molar-refractivity contribution in [1.29, 1.82) is 0 Å². The van der Waals surface area contributed by atoms with E-state index in [1.165, 1.54) is 0 Å². The molecule has 0 fully saturated rings. The van der Waals surface area contributed by atoms with Crippen molar-refractivity contribution in [3.63, 3.8) is 0 Å². The van der Waals surface area contributed by atoms with Gasteiger partial charge in [0.15, 0.2) is 0 Å². The maximum Gasteiger partial charge on any atom is 0.226 e. The van der Waals surface area contributed by atoms with Crippen LogP contribution in [0.2, 0.25) is 0 Å². The summed E-state index contributed by atoms with van der Waals surface area (Å²) in [5, 5.41) is 17.8. The van der Waals surface area contributed by atoms with E-state index in [4.69, 9.17) is 0 Å². The van der Waals surface area contributed by atoms with Crippen LogP contribution in [0.5, 0.6) is 0 Å². The van der Waals surface area contributed by atoms with E-state index in [-0.39, 0.29) is 18.9 Å². The van der Waals surface area contributed by atoms with Gasteiger partial charge >= 0.3 is 0 Å². The summed E-state index contributed by atoms with van der Waals surface area (Å²) in [4.78, 5) is 21.1. The molecule has 1 atom stereocenters. The Morgan fingerprint density at radius 2 is 1.97 bits per heavy atom. The van der Waals surface area contributed by atoms with Crippen LogP contribution in [0.15, 0.2) is 67.1 Å². The molecule has 3 aromatic heterocycles. The zero-order valence-electron chi connectivity index (χ0n) is 16.0. The number of nitrogens with zero attached hydrogens (tertiary/aromatic N) is 4. The smallest absolute Gasteiger partial charge is 0.226 e. The van der Waals surface area contributed by atoms with E-state index >= 15 is 0 Å². The second kappa shape index (κ2) is 8.20. The van der Waals surface area contributed by atoms with Crippen LogP contribution in [0.25, 0.3) is 16.6 Å². The Balaban J connectivity index is 1.51. The summed E-state index contributed by atoms with van der Waals surface area (Å²) in [6, 6.07) is 14.7. The van der Waals surface area contributed by atoms with Gasteiger partial charge in [-0.3, -0.25) is 14.8 Å². The van der Waals surface area contributed by atoms with Crippen molar-refractivity contribution in [2.24, 2.45) is 0 Å². The highest BCUT2D eigenvalue weighted by Gasteiger charge is 2.15. The molecule has 29 heavy (non-hydrogen) atoms. The van der Waals surface area contributed by atoms with E-state index in [1.807, 2.05) is 55.5 Å². The minimum absolute atomic E-state index is 0.124. The normalized spacial score (nSPS) is 12.1. The van der Waals surface area contributed by atoms with Gasteiger partial charge in [-0.25, -0.2) is 4.68 Å². The van der Waals surface area contributed by atoms with Gasteiger partial charge in [0.1, 0.15) is 0 Å². The molecular formula is C22H21N5O2. The minimum Gasteiger partial charge on any atom is -0.394 e. The third kappa shape index (κ3) is 4.14. The quantitative estimate of drug-likeness (QED) is 0.530. The second-order valence-corrected chi connectivity index (χ2v) is 6.84. The topological polar surface area (TPSA) is 92.9 Å². The number of aliphatic hydroxyl groups is 1. The number of pyridine rings is 2. The first kappa shape index (κ1) is 18.8. The lowest BCUT2D eigenvalue weighted by atomic mass is 10.1. The molecule has 7 heteroatoms. The molecule has 4 aromatic rings. The number of nitrogens with one attached hydrogen (secondary N) is 1. The SMILES string of the molecule is Cc1cc(-n2ncc3cc(CC(=O)N[C@H](CO)c4ccccc4)ncc32)ccn1. The zero-order chi connectivity index (χ0) is 20.2. The number of aromatic nitrogens is 4. The molecule has 7 nitrogen and oxygen atoms in total. The number of aryl methyl sites for hydroxylation is 1. The first-order valence-corrected chi connectivity index (χ1v) is 9.35. The lowest BCUT2D eigenvalue weighted by Crippen LogP contribution is -2.32. The molecule has 1 aromatic carbocycles. The highest BCUT2D eigenvalue weighted by Crippen LogP contribution is 2.19. The van der Waals surface area contributed by atoms with Crippen LogP contribution in [0.4, 0.5) is 0 Å². The standard InChI is InChI=1S/C22H21N5O2/c1-15-9-19(7-8-23-15)27-21-13-24-18(10-17(21)12-25-27)11-22(29)26-20(14-28)16-5-3-2-4-6-16/h2-10,12-13,20,28H,11,14H2,1H3,(H,26,29)/t20-/m1/s1. The first-order chi connectivity index (χ1) is 14.1. The summed E-state index contributed by atoms with van der Waals surface area (Å²) < 4.78 is 1.80. The Morgan fingerprint density at radius 1 is 1.14 bits per heavy atom. The number of carbonyl (C=O) groups is 1. The van der Waals surface area contributed by atoms with Gasteiger partial charge in [-0.05, 0) is 30.7 Å². The fourth-order valence-corrected chi connectivity index (χ4v) is 3.27. The fourth-order valence-electron chi connectivity index (χ4n) is 3.27. The molecule has 2 N–H and O–H groups in total. The van der Waals surface area contributed by atoms with Crippen LogP contribution in [-0.2, 0) is 11.2 Å². The molecule has 1 amide bonds. The minimum atomic E-state index is -0.440. The summed E-state index contributed by atoms with van der Waals surface area (Å²) >= 11 is 0. The van der Waals surface area contributed by atoms with Crippen LogP contribution in [0, 0.1) is 6.92 Å². The third-order valence-corrected chi connectivity index (χ3v) is 4.70. The molecule has 4 rings (SSSR count). The van der Waals surface area contributed by atoms with Crippen molar-refractivity contribution < 1.29 is 9.90 Å². The van der Waals surface area contributed by atoms with Gasteiger partial charge < -0.3 is 10.4 Å². The number of hydrogen-bond acceptors (Lipinski definition) is 5.